The number of Topliss-reactive ketones (excluding diaryl/α,β-unsaturated/α-hetero) is 1. The van der Waals surface area contributed by atoms with Crippen LogP contribution in [0.15, 0.2) is 52.9 Å². The highest BCUT2D eigenvalue weighted by molar-refractivity contribution is 7.12. The number of ketones is 1. The van der Waals surface area contributed by atoms with Crippen molar-refractivity contribution < 1.29 is 14.3 Å². The maximum Gasteiger partial charge on any atom is 0.338 e. The zero-order valence-electron chi connectivity index (χ0n) is 17.2. The molecule has 1 aromatic carbocycles. The van der Waals surface area contributed by atoms with Gasteiger partial charge in [0.25, 0.3) is 0 Å². The molecule has 0 aliphatic heterocycles. The largest absolute Gasteiger partial charge is 0.454 e. The van der Waals surface area contributed by atoms with Crippen LogP contribution < -0.4 is 5.69 Å². The van der Waals surface area contributed by atoms with E-state index in [1.165, 1.54) is 15.9 Å². The lowest BCUT2D eigenvalue weighted by Gasteiger charge is -2.07. The van der Waals surface area contributed by atoms with Gasteiger partial charge in [-0.3, -0.25) is 13.9 Å². The second-order valence-electron chi connectivity index (χ2n) is 7.05. The number of aromatic amines is 1. The van der Waals surface area contributed by atoms with E-state index < -0.39 is 5.97 Å². The molecule has 8 nitrogen and oxygen atoms in total. The number of hydrogen-bond acceptors (Lipinski definition) is 6. The van der Waals surface area contributed by atoms with Crippen LogP contribution in [0.25, 0.3) is 10.8 Å². The molecule has 0 fully saturated rings. The van der Waals surface area contributed by atoms with Gasteiger partial charge in [-0.2, -0.15) is 0 Å². The summed E-state index contributed by atoms with van der Waals surface area (Å²) in [6, 6.07) is 8.22. The highest BCUT2D eigenvalue weighted by atomic mass is 32.1. The predicted molar refractivity (Wildman–Crippen MR) is 117 cm³/mol. The van der Waals surface area contributed by atoms with Crippen molar-refractivity contribution in [3.8, 4) is 10.8 Å². The van der Waals surface area contributed by atoms with Crippen molar-refractivity contribution in [1.82, 2.24) is 19.1 Å². The van der Waals surface area contributed by atoms with Crippen molar-refractivity contribution in [1.29, 1.82) is 0 Å². The third-order valence-corrected chi connectivity index (χ3v) is 5.75. The SMILES string of the molecule is Cc1cc(C(=O)COC(=O)c2ccc(-n3c(C)c[nH]c3=O)cc2)c(C)n1-c1nccs1. The predicted octanol–water partition coefficient (Wildman–Crippen LogP) is 3.38. The molecular weight excluding hydrogens is 416 g/mol. The van der Waals surface area contributed by atoms with Gasteiger partial charge in [0.1, 0.15) is 0 Å². The normalized spacial score (nSPS) is 10.9. The number of imidazole rings is 1. The zero-order valence-corrected chi connectivity index (χ0v) is 18.0. The van der Waals surface area contributed by atoms with E-state index in [9.17, 15) is 14.4 Å². The first-order chi connectivity index (χ1) is 14.9. The standard InChI is InChI=1S/C22H20N4O4S/c1-13-10-18(15(3)25(13)22-23-8-9-31-22)19(27)12-30-20(28)16-4-6-17(7-5-16)26-14(2)11-24-21(26)29/h4-11H,12H2,1-3H3,(H,24,29). The van der Waals surface area contributed by atoms with Crippen LogP contribution in [0.5, 0.6) is 0 Å². The first-order valence-electron chi connectivity index (χ1n) is 9.53. The molecule has 0 aliphatic rings. The van der Waals surface area contributed by atoms with Crippen LogP contribution in [0.3, 0.4) is 0 Å². The number of rotatable bonds is 6. The number of ether oxygens (including phenoxy) is 1. The summed E-state index contributed by atoms with van der Waals surface area (Å²) in [7, 11) is 0. The number of aryl methyl sites for hydroxylation is 2. The lowest BCUT2D eigenvalue weighted by Crippen LogP contribution is -2.17. The summed E-state index contributed by atoms with van der Waals surface area (Å²) in [5.74, 6) is -0.887. The van der Waals surface area contributed by atoms with Crippen molar-refractivity contribution in [2.45, 2.75) is 20.8 Å². The fourth-order valence-electron chi connectivity index (χ4n) is 3.48. The van der Waals surface area contributed by atoms with E-state index in [1.807, 2.05) is 23.8 Å². The summed E-state index contributed by atoms with van der Waals surface area (Å²) >= 11 is 1.48. The molecule has 0 unspecified atom stereocenters. The molecule has 3 aromatic heterocycles. The van der Waals surface area contributed by atoms with Crippen LogP contribution in [-0.4, -0.2) is 37.5 Å². The maximum atomic E-state index is 12.7. The van der Waals surface area contributed by atoms with E-state index >= 15 is 0 Å². The van der Waals surface area contributed by atoms with Gasteiger partial charge in [0.05, 0.1) is 11.3 Å². The summed E-state index contributed by atoms with van der Waals surface area (Å²) in [5, 5.41) is 2.65. The molecule has 9 heteroatoms. The molecule has 0 amide bonds. The molecule has 0 aliphatic carbocycles. The van der Waals surface area contributed by atoms with Crippen LogP contribution >= 0.6 is 11.3 Å². The highest BCUT2D eigenvalue weighted by Crippen LogP contribution is 2.22. The summed E-state index contributed by atoms with van der Waals surface area (Å²) in [6.45, 7) is 5.18. The number of nitrogens with one attached hydrogen (secondary N) is 1. The Balaban J connectivity index is 1.45. The Morgan fingerprint density at radius 2 is 1.84 bits per heavy atom. The van der Waals surface area contributed by atoms with E-state index in [1.54, 1.807) is 49.6 Å². The third kappa shape index (κ3) is 3.87. The van der Waals surface area contributed by atoms with Gasteiger partial charge in [0, 0.05) is 40.4 Å². The second-order valence-corrected chi connectivity index (χ2v) is 7.92. The molecule has 0 atom stereocenters. The summed E-state index contributed by atoms with van der Waals surface area (Å²) in [6.07, 6.45) is 3.32. The molecule has 4 aromatic rings. The van der Waals surface area contributed by atoms with Crippen molar-refractivity contribution in [2.75, 3.05) is 6.61 Å². The first-order valence-corrected chi connectivity index (χ1v) is 10.4. The Morgan fingerprint density at radius 3 is 2.45 bits per heavy atom. The Kier molecular flexibility index (Phi) is 5.43. The van der Waals surface area contributed by atoms with Gasteiger partial charge in [-0.05, 0) is 51.1 Å². The van der Waals surface area contributed by atoms with Crippen LogP contribution in [0.4, 0.5) is 0 Å². The van der Waals surface area contributed by atoms with Crippen molar-refractivity contribution in [3.05, 3.63) is 86.8 Å². The molecular formula is C22H20N4O4S. The molecule has 0 spiro atoms. The number of benzene rings is 1. The smallest absolute Gasteiger partial charge is 0.338 e. The Morgan fingerprint density at radius 1 is 1.10 bits per heavy atom. The number of thiazole rings is 1. The van der Waals surface area contributed by atoms with Gasteiger partial charge >= 0.3 is 11.7 Å². The quantitative estimate of drug-likeness (QED) is 0.369. The summed E-state index contributed by atoms with van der Waals surface area (Å²) < 4.78 is 8.63. The van der Waals surface area contributed by atoms with Gasteiger partial charge in [0.15, 0.2) is 11.7 Å². The lowest BCUT2D eigenvalue weighted by atomic mass is 10.1. The molecule has 4 rings (SSSR count). The molecule has 0 saturated carbocycles. The molecule has 0 bridgehead atoms. The number of carbonyl (C=O) groups is 2. The summed E-state index contributed by atoms with van der Waals surface area (Å²) in [5.41, 5.74) is 3.56. The minimum atomic E-state index is -0.605. The van der Waals surface area contributed by atoms with Crippen LogP contribution in [-0.2, 0) is 4.74 Å². The minimum absolute atomic E-state index is 0.256. The zero-order chi connectivity index (χ0) is 22.1. The number of esters is 1. The second kappa shape index (κ2) is 8.19. The number of nitrogens with zero attached hydrogens (tertiary/aromatic N) is 3. The van der Waals surface area contributed by atoms with Gasteiger partial charge in [-0.15, -0.1) is 11.3 Å². The van der Waals surface area contributed by atoms with Crippen LogP contribution in [0.1, 0.15) is 37.8 Å². The number of carbonyl (C=O) groups excluding carboxylic acids is 2. The molecule has 31 heavy (non-hydrogen) atoms. The average Bonchev–Trinajstić information content (AvgIpc) is 3.46. The Hall–Kier alpha value is -3.72. The first kappa shape index (κ1) is 20.5. The third-order valence-electron chi connectivity index (χ3n) is 5.00. The average molecular weight is 436 g/mol. The van der Waals surface area contributed by atoms with E-state index in [-0.39, 0.29) is 18.1 Å². The van der Waals surface area contributed by atoms with E-state index in [2.05, 4.69) is 9.97 Å². The fourth-order valence-corrected chi connectivity index (χ4v) is 4.23. The Labute approximate surface area is 181 Å². The van der Waals surface area contributed by atoms with Crippen molar-refractivity contribution >= 4 is 23.1 Å². The lowest BCUT2D eigenvalue weighted by molar-refractivity contribution is 0.0474. The van der Waals surface area contributed by atoms with Crippen molar-refractivity contribution in [3.63, 3.8) is 0 Å². The van der Waals surface area contributed by atoms with Gasteiger partial charge in [-0.1, -0.05) is 0 Å². The van der Waals surface area contributed by atoms with Gasteiger partial charge < -0.3 is 9.72 Å². The molecule has 0 radical (unpaired) electrons. The number of aromatic nitrogens is 4. The number of hydrogen-bond donors (Lipinski definition) is 1. The van der Waals surface area contributed by atoms with Gasteiger partial charge in [0.2, 0.25) is 5.78 Å². The molecule has 1 N–H and O–H groups in total. The minimum Gasteiger partial charge on any atom is -0.454 e. The van der Waals surface area contributed by atoms with E-state index in [0.717, 1.165) is 22.2 Å². The van der Waals surface area contributed by atoms with Crippen LogP contribution in [0, 0.1) is 20.8 Å². The van der Waals surface area contributed by atoms with E-state index in [4.69, 9.17) is 4.74 Å². The number of H-pyrrole nitrogens is 1. The van der Waals surface area contributed by atoms with Crippen molar-refractivity contribution in [2.24, 2.45) is 0 Å². The molecule has 158 valence electrons. The molecule has 3 heterocycles. The highest BCUT2D eigenvalue weighted by Gasteiger charge is 2.19. The van der Waals surface area contributed by atoms with Gasteiger partial charge in [-0.25, -0.2) is 14.6 Å². The Bertz CT molecular complexity index is 1310. The van der Waals surface area contributed by atoms with Crippen LogP contribution in [0.2, 0.25) is 0 Å². The molecule has 0 saturated heterocycles. The summed E-state index contributed by atoms with van der Waals surface area (Å²) in [4.78, 5) is 43.8. The topological polar surface area (TPSA) is 99.0 Å². The van der Waals surface area contributed by atoms with E-state index in [0.29, 0.717) is 16.8 Å². The fraction of sp³-hybridized carbons (Fsp3) is 0.182. The monoisotopic (exact) mass is 436 g/mol. The maximum absolute atomic E-state index is 12.7.